The van der Waals surface area contributed by atoms with E-state index in [1.165, 1.54) is 12.1 Å². The molecule has 1 aliphatic heterocycles. The lowest BCUT2D eigenvalue weighted by Crippen LogP contribution is -2.19. The quantitative estimate of drug-likeness (QED) is 0.850. The molecule has 0 aliphatic carbocycles. The van der Waals surface area contributed by atoms with E-state index >= 15 is 0 Å². The van der Waals surface area contributed by atoms with Crippen molar-refractivity contribution in [3.63, 3.8) is 0 Å². The highest BCUT2D eigenvalue weighted by Crippen LogP contribution is 2.18. The van der Waals surface area contributed by atoms with Crippen molar-refractivity contribution in [2.24, 2.45) is 0 Å². The molecule has 2 rings (SSSR count). The average Bonchev–Trinajstić information content (AvgIpc) is 2.74. The zero-order valence-electron chi connectivity index (χ0n) is 9.23. The third-order valence-electron chi connectivity index (χ3n) is 2.94. The van der Waals surface area contributed by atoms with Gasteiger partial charge in [-0.05, 0) is 43.4 Å². The summed E-state index contributed by atoms with van der Waals surface area (Å²) in [6, 6.07) is 6.28. The second-order valence-electron chi connectivity index (χ2n) is 4.36. The maximum absolute atomic E-state index is 12.7. The van der Waals surface area contributed by atoms with Gasteiger partial charge in [0, 0.05) is 6.61 Å². The lowest BCUT2D eigenvalue weighted by molar-refractivity contribution is 0.0541. The molecule has 0 radical (unpaired) electrons. The molecular formula is C13H17FO2. The van der Waals surface area contributed by atoms with E-state index in [0.717, 1.165) is 25.0 Å². The van der Waals surface area contributed by atoms with Gasteiger partial charge in [0.05, 0.1) is 12.2 Å². The van der Waals surface area contributed by atoms with E-state index in [0.29, 0.717) is 12.8 Å². The summed E-state index contributed by atoms with van der Waals surface area (Å²) in [5.41, 5.74) is 0.965. The Morgan fingerprint density at radius 3 is 2.75 bits per heavy atom. The van der Waals surface area contributed by atoms with Crippen LogP contribution < -0.4 is 0 Å². The molecule has 2 atom stereocenters. The van der Waals surface area contributed by atoms with Crippen LogP contribution in [0, 0.1) is 5.82 Å². The van der Waals surface area contributed by atoms with Crippen LogP contribution in [-0.2, 0) is 11.2 Å². The van der Waals surface area contributed by atoms with E-state index in [1.54, 1.807) is 12.1 Å². The highest BCUT2D eigenvalue weighted by molar-refractivity contribution is 5.16. The van der Waals surface area contributed by atoms with E-state index in [1.807, 2.05) is 0 Å². The highest BCUT2D eigenvalue weighted by Gasteiger charge is 2.19. The molecule has 3 heteroatoms. The summed E-state index contributed by atoms with van der Waals surface area (Å²) in [7, 11) is 0. The topological polar surface area (TPSA) is 29.5 Å². The minimum absolute atomic E-state index is 0.204. The van der Waals surface area contributed by atoms with Crippen molar-refractivity contribution in [1.82, 2.24) is 0 Å². The zero-order chi connectivity index (χ0) is 11.4. The van der Waals surface area contributed by atoms with Gasteiger partial charge < -0.3 is 9.84 Å². The molecule has 16 heavy (non-hydrogen) atoms. The second kappa shape index (κ2) is 5.41. The fourth-order valence-electron chi connectivity index (χ4n) is 2.11. The molecule has 1 aromatic rings. The second-order valence-corrected chi connectivity index (χ2v) is 4.36. The van der Waals surface area contributed by atoms with E-state index in [2.05, 4.69) is 0 Å². The van der Waals surface area contributed by atoms with Gasteiger partial charge in [-0.2, -0.15) is 0 Å². The van der Waals surface area contributed by atoms with Crippen molar-refractivity contribution < 1.29 is 14.2 Å². The number of aliphatic hydroxyl groups excluding tert-OH is 1. The summed E-state index contributed by atoms with van der Waals surface area (Å²) < 4.78 is 18.1. The third kappa shape index (κ3) is 3.29. The van der Waals surface area contributed by atoms with Crippen molar-refractivity contribution in [1.29, 1.82) is 0 Å². The van der Waals surface area contributed by atoms with Crippen molar-refractivity contribution in [3.05, 3.63) is 35.6 Å². The molecular weight excluding hydrogens is 207 g/mol. The number of aliphatic hydroxyl groups is 1. The van der Waals surface area contributed by atoms with Crippen molar-refractivity contribution in [2.75, 3.05) is 6.61 Å². The Kier molecular flexibility index (Phi) is 3.91. The Hall–Kier alpha value is -0.930. The van der Waals surface area contributed by atoms with Crippen LogP contribution in [0.5, 0.6) is 0 Å². The number of ether oxygens (including phenoxy) is 1. The maximum Gasteiger partial charge on any atom is 0.123 e. The Bertz CT molecular complexity index is 317. The Labute approximate surface area is 95.1 Å². The van der Waals surface area contributed by atoms with E-state index in [-0.39, 0.29) is 11.9 Å². The number of hydrogen-bond donors (Lipinski definition) is 1. The third-order valence-corrected chi connectivity index (χ3v) is 2.94. The van der Waals surface area contributed by atoms with Gasteiger partial charge in [0.15, 0.2) is 0 Å². The molecule has 1 heterocycles. The first-order chi connectivity index (χ1) is 7.74. The van der Waals surface area contributed by atoms with Crippen LogP contribution in [0.15, 0.2) is 24.3 Å². The summed E-state index contributed by atoms with van der Waals surface area (Å²) >= 11 is 0. The largest absolute Gasteiger partial charge is 0.393 e. The molecule has 1 aliphatic rings. The van der Waals surface area contributed by atoms with Crippen molar-refractivity contribution in [2.45, 2.75) is 37.9 Å². The van der Waals surface area contributed by atoms with Crippen molar-refractivity contribution in [3.8, 4) is 0 Å². The van der Waals surface area contributed by atoms with Crippen LogP contribution in [0.2, 0.25) is 0 Å². The normalized spacial score (nSPS) is 22.2. The van der Waals surface area contributed by atoms with Gasteiger partial charge in [-0.25, -0.2) is 4.39 Å². The predicted octanol–water partition coefficient (Wildman–Crippen LogP) is 2.30. The van der Waals surface area contributed by atoms with Crippen LogP contribution in [0.1, 0.15) is 24.8 Å². The minimum atomic E-state index is -0.395. The molecule has 2 unspecified atom stereocenters. The fraction of sp³-hybridized carbons (Fsp3) is 0.538. The molecule has 1 fully saturated rings. The van der Waals surface area contributed by atoms with Gasteiger partial charge in [-0.3, -0.25) is 0 Å². The summed E-state index contributed by atoms with van der Waals surface area (Å²) in [5, 5.41) is 9.86. The Balaban J connectivity index is 1.81. The SMILES string of the molecule is OC(Cc1ccc(F)cc1)CC1CCCO1. The van der Waals surface area contributed by atoms with Gasteiger partial charge in [-0.1, -0.05) is 12.1 Å². The standard InChI is InChI=1S/C13H17FO2/c14-11-5-3-10(4-6-11)8-12(15)9-13-2-1-7-16-13/h3-6,12-13,15H,1-2,7-9H2. The number of benzene rings is 1. The monoisotopic (exact) mass is 224 g/mol. The molecule has 1 aromatic carbocycles. The minimum Gasteiger partial charge on any atom is -0.393 e. The molecule has 0 spiro atoms. The molecule has 1 N–H and O–H groups in total. The Morgan fingerprint density at radius 2 is 2.12 bits per heavy atom. The fourth-order valence-corrected chi connectivity index (χ4v) is 2.11. The van der Waals surface area contributed by atoms with Gasteiger partial charge in [0.2, 0.25) is 0 Å². The average molecular weight is 224 g/mol. The summed E-state index contributed by atoms with van der Waals surface area (Å²) in [6.07, 6.45) is 3.19. The smallest absolute Gasteiger partial charge is 0.123 e. The summed E-state index contributed by atoms with van der Waals surface area (Å²) in [4.78, 5) is 0. The summed E-state index contributed by atoms with van der Waals surface area (Å²) in [6.45, 7) is 0.813. The molecule has 0 aromatic heterocycles. The van der Waals surface area contributed by atoms with Gasteiger partial charge in [-0.15, -0.1) is 0 Å². The number of halogens is 1. The van der Waals surface area contributed by atoms with Crippen molar-refractivity contribution >= 4 is 0 Å². The summed E-state index contributed by atoms with van der Waals surface area (Å²) in [5.74, 6) is -0.239. The molecule has 0 amide bonds. The van der Waals surface area contributed by atoms with Crippen LogP contribution in [-0.4, -0.2) is 23.9 Å². The first kappa shape index (κ1) is 11.6. The van der Waals surface area contributed by atoms with Crippen LogP contribution in [0.4, 0.5) is 4.39 Å². The van der Waals surface area contributed by atoms with E-state index < -0.39 is 6.10 Å². The number of rotatable bonds is 4. The van der Waals surface area contributed by atoms with Gasteiger partial charge in [0.25, 0.3) is 0 Å². The molecule has 0 bridgehead atoms. The lowest BCUT2D eigenvalue weighted by atomic mass is 10.0. The molecule has 2 nitrogen and oxygen atoms in total. The maximum atomic E-state index is 12.7. The first-order valence-electron chi connectivity index (χ1n) is 5.78. The van der Waals surface area contributed by atoms with Crippen LogP contribution >= 0.6 is 0 Å². The molecule has 1 saturated heterocycles. The number of hydrogen-bond acceptors (Lipinski definition) is 2. The molecule has 0 saturated carbocycles. The van der Waals surface area contributed by atoms with Gasteiger partial charge in [0.1, 0.15) is 5.82 Å². The van der Waals surface area contributed by atoms with Crippen LogP contribution in [0.3, 0.4) is 0 Å². The zero-order valence-corrected chi connectivity index (χ0v) is 9.23. The predicted molar refractivity (Wildman–Crippen MR) is 59.7 cm³/mol. The van der Waals surface area contributed by atoms with Crippen LogP contribution in [0.25, 0.3) is 0 Å². The first-order valence-corrected chi connectivity index (χ1v) is 5.78. The lowest BCUT2D eigenvalue weighted by Gasteiger charge is -2.15. The Morgan fingerprint density at radius 1 is 1.38 bits per heavy atom. The van der Waals surface area contributed by atoms with E-state index in [9.17, 15) is 9.50 Å². The highest BCUT2D eigenvalue weighted by atomic mass is 19.1. The van der Waals surface area contributed by atoms with Gasteiger partial charge >= 0.3 is 0 Å². The van der Waals surface area contributed by atoms with E-state index in [4.69, 9.17) is 4.74 Å². The molecule has 88 valence electrons.